The van der Waals surface area contributed by atoms with E-state index in [-0.39, 0.29) is 30.2 Å². The van der Waals surface area contributed by atoms with Crippen LogP contribution in [0.1, 0.15) is 0 Å². The molecular formula is C7H15BrN2O2. The van der Waals surface area contributed by atoms with Gasteiger partial charge in [0.05, 0.1) is 19.9 Å². The molecule has 0 fully saturated rings. The van der Waals surface area contributed by atoms with E-state index < -0.39 is 0 Å². The van der Waals surface area contributed by atoms with Gasteiger partial charge in [0.15, 0.2) is 0 Å². The van der Waals surface area contributed by atoms with Gasteiger partial charge >= 0.3 is 0 Å². The molecule has 1 aliphatic heterocycles. The van der Waals surface area contributed by atoms with Crippen molar-refractivity contribution < 1.29 is 10.2 Å². The molecule has 0 unspecified atom stereocenters. The summed E-state index contributed by atoms with van der Waals surface area (Å²) in [4.78, 5) is 3.99. The fourth-order valence-corrected chi connectivity index (χ4v) is 1.06. The quantitative estimate of drug-likeness (QED) is 0.700. The lowest BCUT2D eigenvalue weighted by molar-refractivity contribution is 0.183. The number of rotatable bonds is 4. The summed E-state index contributed by atoms with van der Waals surface area (Å²) >= 11 is 0. The molecule has 72 valence electrons. The number of hydrogen-bond acceptors (Lipinski definition) is 4. The summed E-state index contributed by atoms with van der Waals surface area (Å²) in [6.45, 7) is 2.46. The number of nitrogens with zero attached hydrogens (tertiary/aromatic N) is 2. The van der Waals surface area contributed by atoms with Crippen LogP contribution in [0.3, 0.4) is 0 Å². The third-order valence-electron chi connectivity index (χ3n) is 1.63. The Bertz CT molecular complexity index is 129. The zero-order valence-electron chi connectivity index (χ0n) is 6.89. The second kappa shape index (κ2) is 6.28. The highest BCUT2D eigenvalue weighted by molar-refractivity contribution is 8.93. The van der Waals surface area contributed by atoms with E-state index in [1.165, 1.54) is 0 Å². The van der Waals surface area contributed by atoms with E-state index in [1.807, 2.05) is 22.2 Å². The molecule has 0 amide bonds. The predicted octanol–water partition coefficient (Wildman–Crippen LogP) is -0.405. The van der Waals surface area contributed by atoms with Crippen molar-refractivity contribution in [2.45, 2.75) is 0 Å². The highest BCUT2D eigenvalue weighted by Crippen LogP contribution is 2.03. The van der Waals surface area contributed by atoms with Crippen LogP contribution in [0.2, 0.25) is 0 Å². The van der Waals surface area contributed by atoms with Crippen LogP contribution in [0.5, 0.6) is 0 Å². The first kappa shape index (κ1) is 11.7. The minimum atomic E-state index is 0. The number of β-amino-alcohol motifs (C(OH)–C–C–N with tert-alkyl or cyclic N) is 2. The average Bonchev–Trinajstić information content (AvgIpc) is 2.38. The Morgan fingerprint density at radius 3 is 1.75 bits per heavy atom. The number of aliphatic hydroxyl groups excluding tert-OH is 2. The van der Waals surface area contributed by atoms with E-state index >= 15 is 0 Å². The zero-order chi connectivity index (χ0) is 8.10. The van der Waals surface area contributed by atoms with Gasteiger partial charge in [0.25, 0.3) is 0 Å². The Balaban J connectivity index is 0.00000121. The van der Waals surface area contributed by atoms with Crippen LogP contribution in [0.15, 0.2) is 12.4 Å². The smallest absolute Gasteiger partial charge is 0.0895 e. The minimum absolute atomic E-state index is 0. The van der Waals surface area contributed by atoms with Crippen molar-refractivity contribution in [3.63, 3.8) is 0 Å². The Morgan fingerprint density at radius 2 is 1.42 bits per heavy atom. The van der Waals surface area contributed by atoms with Crippen LogP contribution in [-0.4, -0.2) is 53.0 Å². The fourth-order valence-electron chi connectivity index (χ4n) is 1.06. The molecule has 1 heterocycles. The largest absolute Gasteiger partial charge is 0.395 e. The standard InChI is InChI=1S/C7H14N2O2.BrH/c10-5-3-8-1-2-9(7-8)4-6-11;/h1-2,10-11H,3-7H2;1H. The lowest BCUT2D eigenvalue weighted by Gasteiger charge is -2.19. The first-order chi connectivity index (χ1) is 5.36. The van der Waals surface area contributed by atoms with Gasteiger partial charge in [0, 0.05) is 25.5 Å². The first-order valence-corrected chi connectivity index (χ1v) is 3.75. The zero-order valence-corrected chi connectivity index (χ0v) is 8.60. The summed E-state index contributed by atoms with van der Waals surface area (Å²) in [7, 11) is 0. The first-order valence-electron chi connectivity index (χ1n) is 3.75. The molecule has 0 aromatic heterocycles. The van der Waals surface area contributed by atoms with Gasteiger partial charge in [-0.3, -0.25) is 0 Å². The summed E-state index contributed by atoms with van der Waals surface area (Å²) < 4.78 is 0. The van der Waals surface area contributed by atoms with Crippen LogP contribution in [0.25, 0.3) is 0 Å². The molecule has 0 aromatic rings. The monoisotopic (exact) mass is 238 g/mol. The van der Waals surface area contributed by atoms with Gasteiger partial charge < -0.3 is 20.0 Å². The summed E-state index contributed by atoms with van der Waals surface area (Å²) in [5.74, 6) is 0. The molecule has 12 heavy (non-hydrogen) atoms. The molecule has 0 atom stereocenters. The second-order valence-electron chi connectivity index (χ2n) is 2.51. The molecule has 0 spiro atoms. The molecule has 1 rings (SSSR count). The normalized spacial score (nSPS) is 15.2. The maximum absolute atomic E-state index is 8.60. The van der Waals surface area contributed by atoms with Crippen LogP contribution in [0, 0.1) is 0 Å². The summed E-state index contributed by atoms with van der Waals surface area (Å²) in [6.07, 6.45) is 3.84. The van der Waals surface area contributed by atoms with Gasteiger partial charge in [0.2, 0.25) is 0 Å². The Morgan fingerprint density at radius 1 is 1.00 bits per heavy atom. The second-order valence-corrected chi connectivity index (χ2v) is 2.51. The molecule has 2 N–H and O–H groups in total. The molecule has 0 bridgehead atoms. The van der Waals surface area contributed by atoms with E-state index in [1.54, 1.807) is 0 Å². The molecule has 1 aliphatic rings. The van der Waals surface area contributed by atoms with E-state index in [2.05, 4.69) is 0 Å². The average molecular weight is 239 g/mol. The van der Waals surface area contributed by atoms with Crippen molar-refractivity contribution in [3.8, 4) is 0 Å². The molecule has 0 radical (unpaired) electrons. The minimum Gasteiger partial charge on any atom is -0.395 e. The van der Waals surface area contributed by atoms with Gasteiger partial charge in [-0.1, -0.05) is 0 Å². The van der Waals surface area contributed by atoms with E-state index in [0.29, 0.717) is 13.1 Å². The van der Waals surface area contributed by atoms with E-state index in [4.69, 9.17) is 10.2 Å². The van der Waals surface area contributed by atoms with Crippen LogP contribution >= 0.6 is 17.0 Å². The molecule has 0 saturated heterocycles. The van der Waals surface area contributed by atoms with Gasteiger partial charge in [-0.2, -0.15) is 0 Å². The van der Waals surface area contributed by atoms with Crippen molar-refractivity contribution in [2.24, 2.45) is 0 Å². The maximum Gasteiger partial charge on any atom is 0.0895 e. The summed E-state index contributed by atoms with van der Waals surface area (Å²) in [5, 5.41) is 17.2. The van der Waals surface area contributed by atoms with Crippen molar-refractivity contribution in [1.82, 2.24) is 9.80 Å². The molecule has 0 saturated carbocycles. The number of hydrogen-bond donors (Lipinski definition) is 2. The van der Waals surface area contributed by atoms with Crippen molar-refractivity contribution in [3.05, 3.63) is 12.4 Å². The third-order valence-corrected chi connectivity index (χ3v) is 1.63. The molecule has 0 aliphatic carbocycles. The van der Waals surface area contributed by atoms with Gasteiger partial charge in [0.1, 0.15) is 0 Å². The van der Waals surface area contributed by atoms with Gasteiger partial charge in [-0.15, -0.1) is 17.0 Å². The Kier molecular flexibility index (Phi) is 6.14. The van der Waals surface area contributed by atoms with Crippen LogP contribution < -0.4 is 0 Å². The molecular weight excluding hydrogens is 224 g/mol. The summed E-state index contributed by atoms with van der Waals surface area (Å²) in [5.41, 5.74) is 0. The summed E-state index contributed by atoms with van der Waals surface area (Å²) in [6, 6.07) is 0. The third kappa shape index (κ3) is 3.42. The highest BCUT2D eigenvalue weighted by atomic mass is 79.9. The van der Waals surface area contributed by atoms with Crippen LogP contribution in [-0.2, 0) is 0 Å². The van der Waals surface area contributed by atoms with Crippen molar-refractivity contribution in [2.75, 3.05) is 33.0 Å². The molecule has 4 nitrogen and oxygen atoms in total. The van der Waals surface area contributed by atoms with Crippen LogP contribution in [0.4, 0.5) is 0 Å². The maximum atomic E-state index is 8.60. The Labute approximate surface area is 82.9 Å². The van der Waals surface area contributed by atoms with E-state index in [9.17, 15) is 0 Å². The topological polar surface area (TPSA) is 46.9 Å². The fraction of sp³-hybridized carbons (Fsp3) is 0.714. The van der Waals surface area contributed by atoms with Gasteiger partial charge in [-0.25, -0.2) is 0 Å². The predicted molar refractivity (Wildman–Crippen MR) is 51.9 cm³/mol. The van der Waals surface area contributed by atoms with E-state index in [0.717, 1.165) is 6.67 Å². The van der Waals surface area contributed by atoms with Crippen molar-refractivity contribution in [1.29, 1.82) is 0 Å². The van der Waals surface area contributed by atoms with Gasteiger partial charge in [-0.05, 0) is 0 Å². The SMILES string of the molecule is Br.OCCN1C=CN(CCO)C1. The lowest BCUT2D eigenvalue weighted by atomic mass is 10.6. The number of aliphatic hydroxyl groups is 2. The molecule has 5 heteroatoms. The highest BCUT2D eigenvalue weighted by Gasteiger charge is 2.09. The Hall–Kier alpha value is -0.260. The molecule has 0 aromatic carbocycles. The van der Waals surface area contributed by atoms with Crippen molar-refractivity contribution >= 4 is 17.0 Å². The lowest BCUT2D eigenvalue weighted by Crippen LogP contribution is -2.29. The number of halogens is 1.